The zero-order chi connectivity index (χ0) is 14.2. The maximum Gasteiger partial charge on any atom is 0.306 e. The van der Waals surface area contributed by atoms with Crippen LogP contribution in [0.3, 0.4) is 0 Å². The van der Waals surface area contributed by atoms with E-state index in [4.69, 9.17) is 5.11 Å². The summed E-state index contributed by atoms with van der Waals surface area (Å²) in [5, 5.41) is 11.4. The number of benzene rings is 1. The molecule has 0 heterocycles. The molecule has 1 aromatic rings. The predicted octanol–water partition coefficient (Wildman–Crippen LogP) is 2.49. The quantitative estimate of drug-likeness (QED) is 0.895. The Bertz CT molecular complexity index is 541. The van der Waals surface area contributed by atoms with Gasteiger partial charge in [-0.25, -0.2) is 4.39 Å². The van der Waals surface area contributed by atoms with Crippen molar-refractivity contribution in [2.75, 3.05) is 0 Å². The molecule has 4 nitrogen and oxygen atoms in total. The summed E-state index contributed by atoms with van der Waals surface area (Å²) >= 11 is 3.04. The molecule has 0 spiro atoms. The number of hydrogen-bond acceptors (Lipinski definition) is 2. The Kier molecular flexibility index (Phi) is 3.89. The SMILES string of the molecule is Cc1ccc(Br)c(F)c1C(=O)NC1CC(C(=O)O)C1. The molecule has 1 saturated carbocycles. The first-order valence-corrected chi connectivity index (χ1v) is 6.67. The number of halogens is 2. The molecule has 0 saturated heterocycles. The van der Waals surface area contributed by atoms with Gasteiger partial charge in [-0.15, -0.1) is 0 Å². The topological polar surface area (TPSA) is 66.4 Å². The number of amides is 1. The van der Waals surface area contributed by atoms with E-state index in [0.29, 0.717) is 18.4 Å². The fraction of sp³-hybridized carbons (Fsp3) is 0.385. The number of aryl methyl sites for hydroxylation is 1. The highest BCUT2D eigenvalue weighted by Crippen LogP contribution is 2.28. The van der Waals surface area contributed by atoms with Gasteiger partial charge < -0.3 is 10.4 Å². The highest BCUT2D eigenvalue weighted by molar-refractivity contribution is 9.10. The molecule has 2 N–H and O–H groups in total. The molecule has 6 heteroatoms. The zero-order valence-electron chi connectivity index (χ0n) is 10.2. The Balaban J connectivity index is 2.06. The second kappa shape index (κ2) is 5.28. The van der Waals surface area contributed by atoms with Crippen molar-refractivity contribution in [3.63, 3.8) is 0 Å². The Morgan fingerprint density at radius 3 is 2.63 bits per heavy atom. The first-order valence-electron chi connectivity index (χ1n) is 5.88. The fourth-order valence-electron chi connectivity index (χ4n) is 2.12. The first-order chi connectivity index (χ1) is 8.90. The van der Waals surface area contributed by atoms with Gasteiger partial charge in [0.15, 0.2) is 0 Å². The summed E-state index contributed by atoms with van der Waals surface area (Å²) in [6, 6.07) is 3.01. The summed E-state index contributed by atoms with van der Waals surface area (Å²) in [5.41, 5.74) is 0.556. The number of carboxylic acids is 1. The van der Waals surface area contributed by atoms with Crippen LogP contribution >= 0.6 is 15.9 Å². The predicted molar refractivity (Wildman–Crippen MR) is 70.5 cm³/mol. The molecule has 102 valence electrons. The van der Waals surface area contributed by atoms with Crippen molar-refractivity contribution in [1.82, 2.24) is 5.32 Å². The normalized spacial score (nSPS) is 21.6. The van der Waals surface area contributed by atoms with Gasteiger partial charge >= 0.3 is 5.97 Å². The van der Waals surface area contributed by atoms with Gasteiger partial charge in [0.1, 0.15) is 5.82 Å². The number of carbonyl (C=O) groups excluding carboxylic acids is 1. The van der Waals surface area contributed by atoms with Crippen LogP contribution in [0.2, 0.25) is 0 Å². The Morgan fingerprint density at radius 1 is 1.42 bits per heavy atom. The minimum absolute atomic E-state index is 0.00755. The van der Waals surface area contributed by atoms with E-state index in [1.54, 1.807) is 19.1 Å². The van der Waals surface area contributed by atoms with E-state index < -0.39 is 23.6 Å². The highest BCUT2D eigenvalue weighted by Gasteiger charge is 2.35. The van der Waals surface area contributed by atoms with Gasteiger partial charge in [-0.2, -0.15) is 0 Å². The largest absolute Gasteiger partial charge is 0.481 e. The van der Waals surface area contributed by atoms with E-state index in [-0.39, 0.29) is 16.1 Å². The average molecular weight is 330 g/mol. The maximum absolute atomic E-state index is 13.9. The maximum atomic E-state index is 13.9. The van der Waals surface area contributed by atoms with Crippen LogP contribution in [-0.4, -0.2) is 23.0 Å². The van der Waals surface area contributed by atoms with Crippen LogP contribution in [0.1, 0.15) is 28.8 Å². The molecular weight excluding hydrogens is 317 g/mol. The smallest absolute Gasteiger partial charge is 0.306 e. The van der Waals surface area contributed by atoms with Gasteiger partial charge in [-0.1, -0.05) is 6.07 Å². The molecular formula is C13H13BrFNO3. The molecule has 0 aliphatic heterocycles. The molecule has 1 aliphatic carbocycles. The molecule has 1 amide bonds. The molecule has 0 bridgehead atoms. The number of carboxylic acid groups (broad SMARTS) is 1. The molecule has 0 aromatic heterocycles. The minimum atomic E-state index is -0.852. The van der Waals surface area contributed by atoms with E-state index in [0.717, 1.165) is 0 Å². The second-order valence-corrected chi connectivity index (χ2v) is 5.58. The lowest BCUT2D eigenvalue weighted by atomic mass is 9.80. The molecule has 1 aromatic carbocycles. The summed E-state index contributed by atoms with van der Waals surface area (Å²) < 4.78 is 14.1. The second-order valence-electron chi connectivity index (χ2n) is 4.73. The van der Waals surface area contributed by atoms with Crippen LogP contribution in [0.5, 0.6) is 0 Å². The number of rotatable bonds is 3. The van der Waals surface area contributed by atoms with Gasteiger partial charge in [0.25, 0.3) is 5.91 Å². The van der Waals surface area contributed by atoms with Gasteiger partial charge in [0.05, 0.1) is 16.0 Å². The van der Waals surface area contributed by atoms with Crippen molar-refractivity contribution in [3.8, 4) is 0 Å². The third-order valence-electron chi connectivity index (χ3n) is 3.35. The van der Waals surface area contributed by atoms with E-state index in [2.05, 4.69) is 21.2 Å². The van der Waals surface area contributed by atoms with Crippen LogP contribution in [0.15, 0.2) is 16.6 Å². The zero-order valence-corrected chi connectivity index (χ0v) is 11.8. The monoisotopic (exact) mass is 329 g/mol. The van der Waals surface area contributed by atoms with Crippen molar-refractivity contribution >= 4 is 27.8 Å². The van der Waals surface area contributed by atoms with Crippen molar-refractivity contribution in [3.05, 3.63) is 33.5 Å². The molecule has 0 unspecified atom stereocenters. The summed E-state index contributed by atoms with van der Waals surface area (Å²) in [5.74, 6) is -2.34. The summed E-state index contributed by atoms with van der Waals surface area (Å²) in [6.07, 6.45) is 0.797. The van der Waals surface area contributed by atoms with Crippen LogP contribution in [-0.2, 0) is 4.79 Å². The lowest BCUT2D eigenvalue weighted by Crippen LogP contribution is -2.47. The standard InChI is InChI=1S/C13H13BrFNO3/c1-6-2-3-9(14)11(15)10(6)12(17)16-8-4-7(5-8)13(18)19/h2-3,7-8H,4-5H2,1H3,(H,16,17)(H,18,19). The summed E-state index contributed by atoms with van der Waals surface area (Å²) in [4.78, 5) is 22.7. The number of hydrogen-bond donors (Lipinski definition) is 2. The van der Waals surface area contributed by atoms with Crippen molar-refractivity contribution in [2.24, 2.45) is 5.92 Å². The average Bonchev–Trinajstić information content (AvgIpc) is 2.28. The lowest BCUT2D eigenvalue weighted by Gasteiger charge is -2.33. The number of carbonyl (C=O) groups is 2. The van der Waals surface area contributed by atoms with E-state index >= 15 is 0 Å². The van der Waals surface area contributed by atoms with Crippen LogP contribution in [0, 0.1) is 18.7 Å². The Hall–Kier alpha value is -1.43. The molecule has 19 heavy (non-hydrogen) atoms. The molecule has 1 fully saturated rings. The minimum Gasteiger partial charge on any atom is -0.481 e. The first kappa shape index (κ1) is 14.0. The van der Waals surface area contributed by atoms with E-state index in [1.807, 2.05) is 0 Å². The van der Waals surface area contributed by atoms with Gasteiger partial charge in [0, 0.05) is 6.04 Å². The lowest BCUT2D eigenvalue weighted by molar-refractivity contribution is -0.145. The molecule has 2 rings (SSSR count). The summed E-state index contributed by atoms with van der Waals surface area (Å²) in [7, 11) is 0. The van der Waals surface area contributed by atoms with E-state index in [9.17, 15) is 14.0 Å². The molecule has 1 aliphatic rings. The molecule has 0 radical (unpaired) electrons. The number of nitrogens with one attached hydrogen (secondary N) is 1. The van der Waals surface area contributed by atoms with Gasteiger partial charge in [-0.05, 0) is 47.3 Å². The third kappa shape index (κ3) is 2.78. The Labute approximate surface area is 118 Å². The Morgan fingerprint density at radius 2 is 2.05 bits per heavy atom. The van der Waals surface area contributed by atoms with Gasteiger partial charge in [0.2, 0.25) is 0 Å². The van der Waals surface area contributed by atoms with Crippen LogP contribution < -0.4 is 5.32 Å². The molecule has 0 atom stereocenters. The summed E-state index contributed by atoms with van der Waals surface area (Å²) in [6.45, 7) is 1.66. The highest BCUT2D eigenvalue weighted by atomic mass is 79.9. The van der Waals surface area contributed by atoms with Crippen LogP contribution in [0.25, 0.3) is 0 Å². The fourth-order valence-corrected chi connectivity index (χ4v) is 2.45. The van der Waals surface area contributed by atoms with Crippen molar-refractivity contribution in [1.29, 1.82) is 0 Å². The van der Waals surface area contributed by atoms with E-state index in [1.165, 1.54) is 0 Å². The van der Waals surface area contributed by atoms with Gasteiger partial charge in [-0.3, -0.25) is 9.59 Å². The van der Waals surface area contributed by atoms with Crippen molar-refractivity contribution in [2.45, 2.75) is 25.8 Å². The van der Waals surface area contributed by atoms with Crippen molar-refractivity contribution < 1.29 is 19.1 Å². The van der Waals surface area contributed by atoms with Crippen LogP contribution in [0.4, 0.5) is 4.39 Å². The number of aliphatic carboxylic acids is 1. The third-order valence-corrected chi connectivity index (χ3v) is 3.97.